The molecule has 0 spiro atoms. The van der Waals surface area contributed by atoms with Gasteiger partial charge in [-0.3, -0.25) is 9.69 Å². The van der Waals surface area contributed by atoms with E-state index in [4.69, 9.17) is 5.73 Å². The topological polar surface area (TPSA) is 46.3 Å². The average Bonchev–Trinajstić information content (AvgIpc) is 3.38. The molecule has 1 saturated carbocycles. The van der Waals surface area contributed by atoms with Gasteiger partial charge >= 0.3 is 0 Å². The zero-order chi connectivity index (χ0) is 17.1. The molecule has 1 amide bonds. The van der Waals surface area contributed by atoms with Crippen LogP contribution < -0.4 is 5.73 Å². The highest BCUT2D eigenvalue weighted by molar-refractivity contribution is 5.93. The Labute approximate surface area is 145 Å². The molecule has 130 valence electrons. The monoisotopic (exact) mass is 326 g/mol. The number of fused-ring (bicyclic) bond motifs is 4. The lowest BCUT2D eigenvalue weighted by Crippen LogP contribution is -2.58. The Morgan fingerprint density at radius 3 is 2.83 bits per heavy atom. The fourth-order valence-electron chi connectivity index (χ4n) is 5.27. The van der Waals surface area contributed by atoms with Gasteiger partial charge in [-0.1, -0.05) is 26.8 Å². The van der Waals surface area contributed by atoms with Crippen molar-refractivity contribution in [2.75, 3.05) is 13.1 Å². The van der Waals surface area contributed by atoms with E-state index in [9.17, 15) is 4.79 Å². The van der Waals surface area contributed by atoms with Crippen molar-refractivity contribution in [1.82, 2.24) is 4.90 Å². The molecule has 1 heterocycles. The van der Waals surface area contributed by atoms with E-state index in [2.05, 4.69) is 37.8 Å². The third-order valence-corrected chi connectivity index (χ3v) is 7.36. The number of likely N-dealkylation sites (tertiary alicyclic amines) is 1. The fourth-order valence-corrected chi connectivity index (χ4v) is 5.27. The molecule has 4 atom stereocenters. The first-order valence-electron chi connectivity index (χ1n) is 9.57. The lowest BCUT2D eigenvalue weighted by atomic mass is 9.58. The second-order valence-corrected chi connectivity index (χ2v) is 8.77. The van der Waals surface area contributed by atoms with E-state index < -0.39 is 0 Å². The van der Waals surface area contributed by atoms with E-state index in [0.29, 0.717) is 17.5 Å². The number of carbonyl (C=O) groups is 1. The molecule has 2 fully saturated rings. The van der Waals surface area contributed by atoms with Crippen molar-refractivity contribution in [1.29, 1.82) is 0 Å². The molecule has 24 heavy (non-hydrogen) atoms. The number of nitrogens with zero attached hydrogens (tertiary/aromatic N) is 1. The minimum atomic E-state index is -0.313. The summed E-state index contributed by atoms with van der Waals surface area (Å²) in [6, 6.07) is 6.78. The lowest BCUT2D eigenvalue weighted by molar-refractivity contribution is 0.0206. The summed E-state index contributed by atoms with van der Waals surface area (Å²) in [6.07, 6.45) is 5.16. The smallest absolute Gasteiger partial charge is 0.248 e. The molecule has 3 heteroatoms. The Balaban J connectivity index is 1.64. The second kappa shape index (κ2) is 5.59. The minimum Gasteiger partial charge on any atom is -0.366 e. The van der Waals surface area contributed by atoms with Crippen molar-refractivity contribution in [3.8, 4) is 0 Å². The number of rotatable bonds is 4. The van der Waals surface area contributed by atoms with E-state index in [1.807, 2.05) is 6.07 Å². The Hall–Kier alpha value is -1.35. The van der Waals surface area contributed by atoms with Gasteiger partial charge in [0.1, 0.15) is 0 Å². The van der Waals surface area contributed by atoms with Crippen LogP contribution in [-0.2, 0) is 11.8 Å². The number of carbonyl (C=O) groups excluding carboxylic acids is 1. The minimum absolute atomic E-state index is 0.170. The van der Waals surface area contributed by atoms with Crippen molar-refractivity contribution in [3.05, 3.63) is 34.9 Å². The molecule has 0 radical (unpaired) electrons. The largest absolute Gasteiger partial charge is 0.366 e. The molecule has 2 N–H and O–H groups in total. The zero-order valence-electron chi connectivity index (χ0n) is 15.2. The summed E-state index contributed by atoms with van der Waals surface area (Å²) in [5.41, 5.74) is 9.14. The molecule has 4 rings (SSSR count). The van der Waals surface area contributed by atoms with Crippen molar-refractivity contribution < 1.29 is 4.79 Å². The van der Waals surface area contributed by atoms with Crippen molar-refractivity contribution in [2.24, 2.45) is 23.5 Å². The number of primary amides is 1. The van der Waals surface area contributed by atoms with E-state index >= 15 is 0 Å². The van der Waals surface area contributed by atoms with Gasteiger partial charge in [0, 0.05) is 18.2 Å². The van der Waals surface area contributed by atoms with Crippen LogP contribution in [0.5, 0.6) is 0 Å². The van der Waals surface area contributed by atoms with Crippen molar-refractivity contribution in [3.63, 3.8) is 0 Å². The molecule has 3 nitrogen and oxygen atoms in total. The van der Waals surface area contributed by atoms with Gasteiger partial charge in [0.25, 0.3) is 0 Å². The van der Waals surface area contributed by atoms with Gasteiger partial charge < -0.3 is 5.73 Å². The molecular formula is C21H30N2O. The van der Waals surface area contributed by atoms with Gasteiger partial charge in [-0.25, -0.2) is 0 Å². The van der Waals surface area contributed by atoms with Crippen LogP contribution in [0.2, 0.25) is 0 Å². The van der Waals surface area contributed by atoms with E-state index in [-0.39, 0.29) is 11.3 Å². The van der Waals surface area contributed by atoms with Gasteiger partial charge in [-0.05, 0) is 78.7 Å². The maximum Gasteiger partial charge on any atom is 0.248 e. The van der Waals surface area contributed by atoms with Gasteiger partial charge in [0.15, 0.2) is 0 Å². The SMILES string of the molecule is C[C@H](CN1CC[C@]2(C)c3cc(C(N)=O)ccc3C[C@@H]1[C@@H]2C)C1CC1. The van der Waals surface area contributed by atoms with Crippen LogP contribution in [0.4, 0.5) is 0 Å². The third-order valence-electron chi connectivity index (χ3n) is 7.36. The molecule has 0 unspecified atom stereocenters. The molecule has 2 aliphatic carbocycles. The van der Waals surface area contributed by atoms with Gasteiger partial charge in [-0.2, -0.15) is 0 Å². The van der Waals surface area contributed by atoms with E-state index in [1.54, 1.807) is 0 Å². The van der Waals surface area contributed by atoms with Crippen LogP contribution in [0.25, 0.3) is 0 Å². The summed E-state index contributed by atoms with van der Waals surface area (Å²) in [5.74, 6) is 2.11. The zero-order valence-corrected chi connectivity index (χ0v) is 15.2. The number of hydrogen-bond donors (Lipinski definition) is 1. The van der Waals surface area contributed by atoms with Crippen LogP contribution in [0.1, 0.15) is 61.5 Å². The predicted molar refractivity (Wildman–Crippen MR) is 97.0 cm³/mol. The summed E-state index contributed by atoms with van der Waals surface area (Å²) in [4.78, 5) is 14.4. The van der Waals surface area contributed by atoms with Crippen LogP contribution >= 0.6 is 0 Å². The standard InChI is InChI=1S/C21H30N2O/c1-13(15-4-5-15)12-23-9-8-21(3)14(2)19(23)11-16-6-7-17(20(22)24)10-18(16)21/h6-7,10,13-15,19H,4-5,8-9,11-12H2,1-3H3,(H2,22,24)/t13-,14+,19-,21+/m1/s1. The summed E-state index contributed by atoms with van der Waals surface area (Å²) in [7, 11) is 0. The Bertz CT molecular complexity index is 666. The molecule has 2 bridgehead atoms. The summed E-state index contributed by atoms with van der Waals surface area (Å²) in [5, 5.41) is 0. The number of piperidine rings is 1. The third kappa shape index (κ3) is 2.48. The number of nitrogens with two attached hydrogens (primary N) is 1. The van der Waals surface area contributed by atoms with Crippen LogP contribution in [-0.4, -0.2) is 29.9 Å². The van der Waals surface area contributed by atoms with Crippen LogP contribution in [0, 0.1) is 17.8 Å². The molecule has 3 aliphatic rings. The first-order chi connectivity index (χ1) is 11.4. The second-order valence-electron chi connectivity index (χ2n) is 8.77. The normalized spacial score (nSPS) is 33.8. The summed E-state index contributed by atoms with van der Waals surface area (Å²) >= 11 is 0. The number of amides is 1. The molecule has 1 aliphatic heterocycles. The molecule has 1 saturated heterocycles. The van der Waals surface area contributed by atoms with Gasteiger partial charge in [0.2, 0.25) is 5.91 Å². The highest BCUT2D eigenvalue weighted by atomic mass is 16.1. The molecule has 1 aromatic rings. The van der Waals surface area contributed by atoms with Crippen molar-refractivity contribution in [2.45, 2.75) is 57.9 Å². The first-order valence-corrected chi connectivity index (χ1v) is 9.57. The molecule has 0 aromatic heterocycles. The lowest BCUT2D eigenvalue weighted by Gasteiger charge is -2.55. The van der Waals surface area contributed by atoms with Crippen LogP contribution in [0.15, 0.2) is 18.2 Å². The number of hydrogen-bond acceptors (Lipinski definition) is 2. The summed E-state index contributed by atoms with van der Waals surface area (Å²) in [6.45, 7) is 9.69. The molecule has 1 aromatic carbocycles. The van der Waals surface area contributed by atoms with Crippen molar-refractivity contribution >= 4 is 5.91 Å². The van der Waals surface area contributed by atoms with Gasteiger partial charge in [-0.15, -0.1) is 0 Å². The maximum absolute atomic E-state index is 11.6. The summed E-state index contributed by atoms with van der Waals surface area (Å²) < 4.78 is 0. The Morgan fingerprint density at radius 2 is 2.17 bits per heavy atom. The predicted octanol–water partition coefficient (Wildman–Crippen LogP) is 3.36. The Kier molecular flexibility index (Phi) is 3.76. The van der Waals surface area contributed by atoms with E-state index in [1.165, 1.54) is 43.5 Å². The van der Waals surface area contributed by atoms with Gasteiger partial charge in [0.05, 0.1) is 0 Å². The maximum atomic E-state index is 11.6. The molecular weight excluding hydrogens is 296 g/mol. The highest BCUT2D eigenvalue weighted by Gasteiger charge is 2.48. The fraction of sp³-hybridized carbons (Fsp3) is 0.667. The van der Waals surface area contributed by atoms with E-state index in [0.717, 1.165) is 18.3 Å². The number of benzene rings is 1. The Morgan fingerprint density at radius 1 is 1.42 bits per heavy atom. The average molecular weight is 326 g/mol. The quantitative estimate of drug-likeness (QED) is 0.922. The first kappa shape index (κ1) is 16.1. The van der Waals surface area contributed by atoms with Crippen LogP contribution in [0.3, 0.4) is 0 Å². The highest BCUT2D eigenvalue weighted by Crippen LogP contribution is 2.49.